The largest absolute Gasteiger partial charge is 0.327 e. The van der Waals surface area contributed by atoms with Gasteiger partial charge in [0.2, 0.25) is 0 Å². The van der Waals surface area contributed by atoms with Crippen molar-refractivity contribution in [2.24, 2.45) is 11.7 Å². The second-order valence-electron chi connectivity index (χ2n) is 5.13. The highest BCUT2D eigenvalue weighted by Gasteiger charge is 2.32. The van der Waals surface area contributed by atoms with Crippen LogP contribution in [0.25, 0.3) is 0 Å². The smallest absolute Gasteiger partial charge is 0.150 e. The third-order valence-corrected chi connectivity index (χ3v) is 5.68. The minimum Gasteiger partial charge on any atom is -0.327 e. The van der Waals surface area contributed by atoms with Crippen molar-refractivity contribution in [3.05, 3.63) is 34.3 Å². The molecule has 100 valence electrons. The zero-order valence-corrected chi connectivity index (χ0v) is 12.0. The van der Waals surface area contributed by atoms with Gasteiger partial charge >= 0.3 is 0 Å². The molecule has 0 bridgehead atoms. The van der Waals surface area contributed by atoms with Gasteiger partial charge in [0.05, 0.1) is 11.5 Å². The van der Waals surface area contributed by atoms with Crippen LogP contribution in [0.2, 0.25) is 5.02 Å². The molecule has 0 saturated carbocycles. The van der Waals surface area contributed by atoms with Crippen molar-refractivity contribution in [2.45, 2.75) is 25.8 Å². The lowest BCUT2D eigenvalue weighted by Gasteiger charge is -2.18. The van der Waals surface area contributed by atoms with Crippen LogP contribution in [0.1, 0.15) is 17.5 Å². The Labute approximate surface area is 113 Å². The van der Waals surface area contributed by atoms with E-state index in [0.717, 1.165) is 11.1 Å². The van der Waals surface area contributed by atoms with Crippen LogP contribution in [-0.2, 0) is 16.3 Å². The van der Waals surface area contributed by atoms with Crippen molar-refractivity contribution < 1.29 is 8.42 Å². The molecular weight excluding hydrogens is 270 g/mol. The van der Waals surface area contributed by atoms with E-state index in [1.165, 1.54) is 0 Å². The molecule has 1 aromatic rings. The molecule has 1 saturated heterocycles. The van der Waals surface area contributed by atoms with Gasteiger partial charge < -0.3 is 5.73 Å². The molecule has 1 heterocycles. The summed E-state index contributed by atoms with van der Waals surface area (Å²) in [5.41, 5.74) is 8.23. The summed E-state index contributed by atoms with van der Waals surface area (Å²) in [5, 5.41) is 0.714. The Morgan fingerprint density at radius 3 is 2.78 bits per heavy atom. The van der Waals surface area contributed by atoms with Crippen molar-refractivity contribution in [3.63, 3.8) is 0 Å². The first-order chi connectivity index (χ1) is 8.37. The van der Waals surface area contributed by atoms with Crippen LogP contribution in [0, 0.1) is 12.8 Å². The Kier molecular flexibility index (Phi) is 3.99. The third kappa shape index (κ3) is 3.25. The highest BCUT2D eigenvalue weighted by molar-refractivity contribution is 7.91. The maximum Gasteiger partial charge on any atom is 0.150 e. The zero-order valence-electron chi connectivity index (χ0n) is 10.4. The highest BCUT2D eigenvalue weighted by atomic mass is 35.5. The molecule has 1 aliphatic heterocycles. The Balaban J connectivity index is 2.05. The first-order valence-corrected chi connectivity index (χ1v) is 8.28. The summed E-state index contributed by atoms with van der Waals surface area (Å²) >= 11 is 6.16. The molecule has 18 heavy (non-hydrogen) atoms. The van der Waals surface area contributed by atoms with E-state index < -0.39 is 9.84 Å². The van der Waals surface area contributed by atoms with E-state index in [4.69, 9.17) is 17.3 Å². The lowest BCUT2D eigenvalue weighted by Crippen LogP contribution is -2.33. The Bertz CT molecular complexity index is 542. The molecule has 1 aromatic carbocycles. The quantitative estimate of drug-likeness (QED) is 0.924. The van der Waals surface area contributed by atoms with Crippen molar-refractivity contribution >= 4 is 21.4 Å². The van der Waals surface area contributed by atoms with Crippen molar-refractivity contribution in [2.75, 3.05) is 11.5 Å². The van der Waals surface area contributed by atoms with Crippen LogP contribution in [0.4, 0.5) is 0 Å². The lowest BCUT2D eigenvalue weighted by molar-refractivity contribution is 0.461. The molecule has 0 radical (unpaired) electrons. The van der Waals surface area contributed by atoms with Crippen molar-refractivity contribution in [1.82, 2.24) is 0 Å². The van der Waals surface area contributed by atoms with Gasteiger partial charge in [-0.15, -0.1) is 0 Å². The average molecular weight is 288 g/mol. The van der Waals surface area contributed by atoms with E-state index in [-0.39, 0.29) is 23.5 Å². The predicted molar refractivity (Wildman–Crippen MR) is 74.6 cm³/mol. The van der Waals surface area contributed by atoms with Crippen LogP contribution < -0.4 is 5.73 Å². The van der Waals surface area contributed by atoms with Crippen molar-refractivity contribution in [1.29, 1.82) is 0 Å². The molecule has 0 aliphatic carbocycles. The Morgan fingerprint density at radius 1 is 1.50 bits per heavy atom. The molecule has 1 aliphatic rings. The van der Waals surface area contributed by atoms with Crippen LogP contribution >= 0.6 is 11.6 Å². The van der Waals surface area contributed by atoms with Crippen LogP contribution in [-0.4, -0.2) is 26.0 Å². The van der Waals surface area contributed by atoms with E-state index in [9.17, 15) is 8.42 Å². The molecule has 1 fully saturated rings. The van der Waals surface area contributed by atoms with E-state index in [1.54, 1.807) is 0 Å². The van der Waals surface area contributed by atoms with Gasteiger partial charge in [-0.05, 0) is 42.9 Å². The Morgan fingerprint density at radius 2 is 2.22 bits per heavy atom. The number of rotatable bonds is 3. The molecule has 0 aromatic heterocycles. The molecule has 2 unspecified atom stereocenters. The molecule has 5 heteroatoms. The molecule has 0 amide bonds. The second-order valence-corrected chi connectivity index (χ2v) is 7.76. The zero-order chi connectivity index (χ0) is 13.3. The minimum absolute atomic E-state index is 0.0624. The van der Waals surface area contributed by atoms with Gasteiger partial charge in [-0.1, -0.05) is 23.7 Å². The number of aryl methyl sites for hydroxylation is 1. The van der Waals surface area contributed by atoms with Gasteiger partial charge in [-0.2, -0.15) is 0 Å². The fraction of sp³-hybridized carbons (Fsp3) is 0.538. The van der Waals surface area contributed by atoms with Crippen molar-refractivity contribution in [3.8, 4) is 0 Å². The summed E-state index contributed by atoms with van der Waals surface area (Å²) in [4.78, 5) is 0. The Hall–Kier alpha value is -0.580. The van der Waals surface area contributed by atoms with E-state index >= 15 is 0 Å². The number of sulfone groups is 1. The molecule has 2 rings (SSSR count). The topological polar surface area (TPSA) is 60.2 Å². The monoisotopic (exact) mass is 287 g/mol. The summed E-state index contributed by atoms with van der Waals surface area (Å²) in [6, 6.07) is 5.75. The summed E-state index contributed by atoms with van der Waals surface area (Å²) in [6.07, 6.45) is 1.31. The van der Waals surface area contributed by atoms with Gasteiger partial charge in [0.15, 0.2) is 9.84 Å². The standard InChI is InChI=1S/C13H18ClNO2S/c1-9-2-3-10(12(14)6-9)7-13(15)11-4-5-18(16,17)8-11/h2-3,6,11,13H,4-5,7-8,15H2,1H3. The summed E-state index contributed by atoms with van der Waals surface area (Å²) in [6.45, 7) is 1.99. The normalized spacial score (nSPS) is 24.1. The maximum atomic E-state index is 11.4. The molecule has 0 spiro atoms. The van der Waals surface area contributed by atoms with Gasteiger partial charge in [0.25, 0.3) is 0 Å². The number of hydrogen-bond acceptors (Lipinski definition) is 3. The summed E-state index contributed by atoms with van der Waals surface area (Å²) < 4.78 is 22.9. The number of hydrogen-bond donors (Lipinski definition) is 1. The summed E-state index contributed by atoms with van der Waals surface area (Å²) in [7, 11) is -2.86. The van der Waals surface area contributed by atoms with Crippen LogP contribution in [0.5, 0.6) is 0 Å². The van der Waals surface area contributed by atoms with E-state index in [2.05, 4.69) is 0 Å². The SMILES string of the molecule is Cc1ccc(CC(N)C2CCS(=O)(=O)C2)c(Cl)c1. The lowest BCUT2D eigenvalue weighted by atomic mass is 9.93. The van der Waals surface area contributed by atoms with E-state index in [0.29, 0.717) is 17.9 Å². The summed E-state index contributed by atoms with van der Waals surface area (Å²) in [5.74, 6) is 0.553. The number of benzene rings is 1. The molecular formula is C13H18ClNO2S. The number of halogens is 1. The number of nitrogens with two attached hydrogens (primary N) is 1. The van der Waals surface area contributed by atoms with Gasteiger partial charge in [-0.3, -0.25) is 0 Å². The first kappa shape index (κ1) is 13.8. The predicted octanol–water partition coefficient (Wildman–Crippen LogP) is 1.95. The maximum absolute atomic E-state index is 11.4. The van der Waals surface area contributed by atoms with Crippen LogP contribution in [0.3, 0.4) is 0 Å². The van der Waals surface area contributed by atoms with Gasteiger partial charge in [0, 0.05) is 11.1 Å². The fourth-order valence-corrected chi connectivity index (χ4v) is 4.61. The minimum atomic E-state index is -2.86. The average Bonchev–Trinajstić information content (AvgIpc) is 2.63. The molecule has 3 nitrogen and oxygen atoms in total. The molecule has 2 atom stereocenters. The first-order valence-electron chi connectivity index (χ1n) is 6.08. The van der Waals surface area contributed by atoms with Gasteiger partial charge in [0.1, 0.15) is 0 Å². The highest BCUT2D eigenvalue weighted by Crippen LogP contribution is 2.25. The van der Waals surface area contributed by atoms with Gasteiger partial charge in [-0.25, -0.2) is 8.42 Å². The van der Waals surface area contributed by atoms with E-state index in [1.807, 2.05) is 25.1 Å². The van der Waals surface area contributed by atoms with Crippen LogP contribution in [0.15, 0.2) is 18.2 Å². The molecule has 2 N–H and O–H groups in total. The fourth-order valence-electron chi connectivity index (χ4n) is 2.40. The third-order valence-electron chi connectivity index (χ3n) is 3.54. The second kappa shape index (κ2) is 5.19.